The Kier molecular flexibility index (Phi) is 16.8. The third-order valence-electron chi connectivity index (χ3n) is 7.35. The summed E-state index contributed by atoms with van der Waals surface area (Å²) in [5.41, 5.74) is 0. The van der Waals surface area contributed by atoms with Gasteiger partial charge in [0.25, 0.3) is 0 Å². The molecular formula is C27H59N5O3. The fraction of sp³-hybridized carbons (Fsp3) is 1.00. The number of nitrogens with zero attached hydrogens (tertiary/aromatic N) is 5. The van der Waals surface area contributed by atoms with Gasteiger partial charge >= 0.3 is 0 Å². The standard InChI is InChI=1S/3C7H15NO.C6H14N2/c1-7(2)8-3-5-9-6-4-8;2*1-6(2)8-4-3-7(9)5-8;1-7-3-5-8(2)6-4-7/h7H,3-6H2,1-2H3;2*6-7,9H,3-5H2,1-2H3;3-6H2,1-2H3/t;2*7-;/m.10./s1. The molecule has 4 rings (SSSR count). The predicted molar refractivity (Wildman–Crippen MR) is 147 cm³/mol. The van der Waals surface area contributed by atoms with Crippen molar-refractivity contribution in [3.63, 3.8) is 0 Å². The van der Waals surface area contributed by atoms with Gasteiger partial charge in [-0.3, -0.25) is 14.7 Å². The van der Waals surface area contributed by atoms with Crippen LogP contribution >= 0.6 is 0 Å². The average Bonchev–Trinajstić information content (AvgIpc) is 3.46. The smallest absolute Gasteiger partial charge is 0.0679 e. The van der Waals surface area contributed by atoms with E-state index in [9.17, 15) is 0 Å². The van der Waals surface area contributed by atoms with E-state index in [1.807, 2.05) is 0 Å². The lowest BCUT2D eigenvalue weighted by molar-refractivity contribution is 0.0238. The van der Waals surface area contributed by atoms with Gasteiger partial charge in [-0.15, -0.1) is 0 Å². The molecule has 0 aromatic carbocycles. The Morgan fingerprint density at radius 1 is 0.543 bits per heavy atom. The average molecular weight is 502 g/mol. The molecule has 0 unspecified atom stereocenters. The second kappa shape index (κ2) is 18.0. The molecule has 8 nitrogen and oxygen atoms in total. The zero-order chi connectivity index (χ0) is 26.4. The minimum absolute atomic E-state index is 0.0626. The fourth-order valence-corrected chi connectivity index (χ4v) is 4.47. The SMILES string of the molecule is CC(C)N1CCOCC1.CC(C)N1CC[C@@H](O)C1.CC(C)N1CC[C@H](O)C1.CN1CCN(C)CC1. The molecule has 0 aliphatic carbocycles. The second-order valence-electron chi connectivity index (χ2n) is 11.4. The molecule has 0 amide bonds. The van der Waals surface area contributed by atoms with Crippen LogP contribution in [0.2, 0.25) is 0 Å². The van der Waals surface area contributed by atoms with Crippen molar-refractivity contribution in [2.75, 3.05) is 92.8 Å². The molecule has 0 saturated carbocycles. The van der Waals surface area contributed by atoms with Crippen LogP contribution in [-0.2, 0) is 4.74 Å². The Morgan fingerprint density at radius 2 is 0.886 bits per heavy atom. The third kappa shape index (κ3) is 14.9. The van der Waals surface area contributed by atoms with Gasteiger partial charge < -0.3 is 24.7 Å². The number of hydrogen-bond acceptors (Lipinski definition) is 8. The lowest BCUT2D eigenvalue weighted by atomic mass is 10.3. The van der Waals surface area contributed by atoms with Crippen LogP contribution < -0.4 is 0 Å². The quantitative estimate of drug-likeness (QED) is 0.604. The van der Waals surface area contributed by atoms with Gasteiger partial charge in [0.05, 0.1) is 25.4 Å². The number of aliphatic hydroxyl groups is 2. The first-order valence-electron chi connectivity index (χ1n) is 14.0. The van der Waals surface area contributed by atoms with E-state index < -0.39 is 0 Å². The fourth-order valence-electron chi connectivity index (χ4n) is 4.47. The number of morpholine rings is 1. The van der Waals surface area contributed by atoms with Gasteiger partial charge in [-0.25, -0.2) is 0 Å². The van der Waals surface area contributed by atoms with Crippen molar-refractivity contribution in [1.29, 1.82) is 0 Å². The van der Waals surface area contributed by atoms with E-state index in [1.54, 1.807) is 0 Å². The van der Waals surface area contributed by atoms with Crippen molar-refractivity contribution in [2.45, 2.75) is 84.7 Å². The number of rotatable bonds is 3. The van der Waals surface area contributed by atoms with E-state index in [0.29, 0.717) is 18.1 Å². The molecular weight excluding hydrogens is 442 g/mol. The van der Waals surface area contributed by atoms with Gasteiger partial charge in [0.15, 0.2) is 0 Å². The Morgan fingerprint density at radius 3 is 1.09 bits per heavy atom. The maximum absolute atomic E-state index is 9.11. The Bertz CT molecular complexity index is 463. The molecule has 4 heterocycles. The van der Waals surface area contributed by atoms with E-state index in [-0.39, 0.29) is 12.2 Å². The molecule has 0 aromatic heterocycles. The summed E-state index contributed by atoms with van der Waals surface area (Å²) in [6.07, 6.45) is 1.79. The third-order valence-corrected chi connectivity index (χ3v) is 7.35. The lowest BCUT2D eigenvalue weighted by Gasteiger charge is -2.29. The van der Waals surface area contributed by atoms with Gasteiger partial charge in [0.1, 0.15) is 0 Å². The largest absolute Gasteiger partial charge is 0.392 e. The molecule has 4 fully saturated rings. The van der Waals surface area contributed by atoms with Crippen LogP contribution in [-0.4, -0.2) is 158 Å². The normalized spacial score (nSPS) is 27.3. The molecule has 4 saturated heterocycles. The van der Waals surface area contributed by atoms with Crippen LogP contribution in [0.3, 0.4) is 0 Å². The summed E-state index contributed by atoms with van der Waals surface area (Å²) in [6.45, 7) is 26.0. The van der Waals surface area contributed by atoms with Crippen molar-refractivity contribution in [1.82, 2.24) is 24.5 Å². The van der Waals surface area contributed by atoms with Crippen molar-refractivity contribution in [3.8, 4) is 0 Å². The first-order chi connectivity index (χ1) is 16.5. The first-order valence-corrected chi connectivity index (χ1v) is 14.0. The minimum Gasteiger partial charge on any atom is -0.392 e. The van der Waals surface area contributed by atoms with Crippen LogP contribution in [0, 0.1) is 0 Å². The number of ether oxygens (including phenoxy) is 1. The minimum atomic E-state index is -0.0626. The summed E-state index contributed by atoms with van der Waals surface area (Å²) in [6, 6.07) is 1.89. The summed E-state index contributed by atoms with van der Waals surface area (Å²) >= 11 is 0. The number of aliphatic hydroxyl groups excluding tert-OH is 2. The summed E-state index contributed by atoms with van der Waals surface area (Å²) in [4.78, 5) is 11.7. The second-order valence-corrected chi connectivity index (χ2v) is 11.4. The molecule has 35 heavy (non-hydrogen) atoms. The van der Waals surface area contributed by atoms with Gasteiger partial charge in [-0.2, -0.15) is 0 Å². The van der Waals surface area contributed by atoms with E-state index in [0.717, 1.165) is 65.3 Å². The highest BCUT2D eigenvalue weighted by molar-refractivity contribution is 4.77. The number of likely N-dealkylation sites (tertiary alicyclic amines) is 2. The maximum Gasteiger partial charge on any atom is 0.0679 e. The van der Waals surface area contributed by atoms with E-state index >= 15 is 0 Å². The highest BCUT2D eigenvalue weighted by Crippen LogP contribution is 2.12. The molecule has 4 aliphatic rings. The molecule has 0 spiro atoms. The van der Waals surface area contributed by atoms with Gasteiger partial charge in [-0.05, 0) is 68.5 Å². The summed E-state index contributed by atoms with van der Waals surface area (Å²) in [5, 5.41) is 18.2. The molecule has 4 aliphatic heterocycles. The molecule has 0 bridgehead atoms. The zero-order valence-corrected chi connectivity index (χ0v) is 24.3. The summed E-state index contributed by atoms with van der Waals surface area (Å²) < 4.78 is 5.21. The van der Waals surface area contributed by atoms with Crippen molar-refractivity contribution >= 4 is 0 Å². The highest BCUT2D eigenvalue weighted by Gasteiger charge is 2.22. The van der Waals surface area contributed by atoms with Crippen LogP contribution in [0.4, 0.5) is 0 Å². The number of hydrogen-bond donors (Lipinski definition) is 2. The monoisotopic (exact) mass is 501 g/mol. The van der Waals surface area contributed by atoms with Gasteiger partial charge in [0.2, 0.25) is 0 Å². The topological polar surface area (TPSA) is 65.9 Å². The molecule has 210 valence electrons. The highest BCUT2D eigenvalue weighted by atomic mass is 16.5. The van der Waals surface area contributed by atoms with E-state index in [4.69, 9.17) is 14.9 Å². The van der Waals surface area contributed by atoms with Crippen molar-refractivity contribution in [2.24, 2.45) is 0 Å². The lowest BCUT2D eigenvalue weighted by Crippen LogP contribution is -2.42. The predicted octanol–water partition coefficient (Wildman–Crippen LogP) is 1.51. The Labute approximate surface area is 217 Å². The maximum atomic E-state index is 9.11. The molecule has 8 heteroatoms. The molecule has 2 N–H and O–H groups in total. The Balaban J connectivity index is 0.000000234. The molecule has 2 atom stereocenters. The number of piperazine rings is 1. The van der Waals surface area contributed by atoms with Crippen LogP contribution in [0.15, 0.2) is 0 Å². The first kappa shape index (κ1) is 32.7. The zero-order valence-electron chi connectivity index (χ0n) is 24.3. The number of β-amino-alcohol motifs (C(OH)–C–C–N with tert-alkyl or cyclic N) is 2. The van der Waals surface area contributed by atoms with Crippen LogP contribution in [0.1, 0.15) is 54.4 Å². The van der Waals surface area contributed by atoms with E-state index in [2.05, 4.69) is 80.1 Å². The van der Waals surface area contributed by atoms with Crippen molar-refractivity contribution < 1.29 is 14.9 Å². The van der Waals surface area contributed by atoms with Gasteiger partial charge in [-0.1, -0.05) is 0 Å². The molecule has 0 aromatic rings. The number of likely N-dealkylation sites (N-methyl/N-ethyl adjacent to an activating group) is 2. The Hall–Kier alpha value is -0.320. The van der Waals surface area contributed by atoms with Crippen LogP contribution in [0.25, 0.3) is 0 Å². The van der Waals surface area contributed by atoms with Crippen molar-refractivity contribution in [3.05, 3.63) is 0 Å². The summed E-state index contributed by atoms with van der Waals surface area (Å²) in [7, 11) is 4.35. The van der Waals surface area contributed by atoms with Crippen LogP contribution in [0.5, 0.6) is 0 Å². The van der Waals surface area contributed by atoms with Gasteiger partial charge in [0, 0.05) is 83.6 Å². The van der Waals surface area contributed by atoms with E-state index in [1.165, 1.54) is 26.2 Å². The summed E-state index contributed by atoms with van der Waals surface area (Å²) in [5.74, 6) is 0. The molecule has 0 radical (unpaired) electrons.